The van der Waals surface area contributed by atoms with Gasteiger partial charge in [0.25, 0.3) is 5.91 Å². The highest BCUT2D eigenvalue weighted by Gasteiger charge is 2.40. The molecule has 2 saturated carbocycles. The van der Waals surface area contributed by atoms with Gasteiger partial charge in [0.2, 0.25) is 5.91 Å². The Balaban J connectivity index is 1.48. The van der Waals surface area contributed by atoms with Crippen molar-refractivity contribution < 1.29 is 19.1 Å². The van der Waals surface area contributed by atoms with E-state index >= 15 is 0 Å². The molecule has 0 radical (unpaired) electrons. The molecule has 0 spiro atoms. The number of fused-ring (bicyclic) bond motifs is 2. The fourth-order valence-corrected chi connectivity index (χ4v) is 4.45. The molecule has 2 fully saturated rings. The summed E-state index contributed by atoms with van der Waals surface area (Å²) in [5.74, 6) is 3.16. The van der Waals surface area contributed by atoms with E-state index in [1.54, 1.807) is 25.3 Å². The molecule has 2 N–H and O–H groups in total. The van der Waals surface area contributed by atoms with E-state index in [2.05, 4.69) is 24.7 Å². The lowest BCUT2D eigenvalue weighted by Gasteiger charge is -2.21. The predicted octanol–water partition coefficient (Wildman–Crippen LogP) is 3.71. The van der Waals surface area contributed by atoms with Crippen molar-refractivity contribution in [2.45, 2.75) is 52.4 Å². The largest absolute Gasteiger partial charge is 0.493 e. The Morgan fingerprint density at radius 2 is 1.96 bits per heavy atom. The highest BCUT2D eigenvalue weighted by molar-refractivity contribution is 5.96. The molecule has 2 aliphatic rings. The number of rotatable bonds is 8. The Kier molecular flexibility index (Phi) is 6.81. The van der Waals surface area contributed by atoms with E-state index in [9.17, 15) is 9.59 Å². The van der Waals surface area contributed by atoms with Gasteiger partial charge >= 0.3 is 0 Å². The number of nitrogens with one attached hydrogen (secondary N) is 2. The van der Waals surface area contributed by atoms with Gasteiger partial charge in [-0.25, -0.2) is 0 Å². The van der Waals surface area contributed by atoms with E-state index in [-0.39, 0.29) is 11.8 Å². The van der Waals surface area contributed by atoms with Crippen molar-refractivity contribution in [3.05, 3.63) is 23.8 Å². The van der Waals surface area contributed by atoms with Crippen LogP contribution in [0.3, 0.4) is 0 Å². The lowest BCUT2D eigenvalue weighted by Crippen LogP contribution is -2.42. The zero-order valence-electron chi connectivity index (χ0n) is 17.1. The molecule has 0 heterocycles. The van der Waals surface area contributed by atoms with E-state index < -0.39 is 0 Å². The summed E-state index contributed by atoms with van der Waals surface area (Å²) < 4.78 is 11.1. The van der Waals surface area contributed by atoms with Gasteiger partial charge in [-0.15, -0.1) is 0 Å². The number of methoxy groups -OCH3 is 1. The molecule has 2 amide bonds. The van der Waals surface area contributed by atoms with Crippen molar-refractivity contribution in [1.29, 1.82) is 0 Å². The highest BCUT2D eigenvalue weighted by Crippen LogP contribution is 2.49. The number of hydrogen-bond donors (Lipinski definition) is 2. The second-order valence-electron chi connectivity index (χ2n) is 8.54. The molecule has 2 aliphatic carbocycles. The molecule has 154 valence electrons. The first-order valence-electron chi connectivity index (χ1n) is 10.4. The molecule has 1 aromatic carbocycles. The summed E-state index contributed by atoms with van der Waals surface area (Å²) in [6.07, 6.45) is 6.43. The van der Waals surface area contributed by atoms with Crippen LogP contribution < -0.4 is 20.3 Å². The fraction of sp³-hybridized carbons (Fsp3) is 0.636. The van der Waals surface area contributed by atoms with Crippen molar-refractivity contribution in [2.75, 3.05) is 13.7 Å². The van der Waals surface area contributed by atoms with E-state index in [1.807, 2.05) is 0 Å². The van der Waals surface area contributed by atoms with Crippen molar-refractivity contribution in [2.24, 2.45) is 23.7 Å². The molecule has 3 atom stereocenters. The number of carbonyl (C=O) groups excluding carboxylic acids is 2. The summed E-state index contributed by atoms with van der Waals surface area (Å²) in [7, 11) is 1.55. The monoisotopic (exact) mass is 388 g/mol. The summed E-state index contributed by atoms with van der Waals surface area (Å²) in [5.41, 5.74) is 5.48. The normalized spacial score (nSPS) is 22.9. The third-order valence-corrected chi connectivity index (χ3v) is 6.03. The molecule has 3 rings (SSSR count). The van der Waals surface area contributed by atoms with Crippen molar-refractivity contribution in [3.63, 3.8) is 0 Å². The zero-order valence-corrected chi connectivity index (χ0v) is 17.1. The first kappa shape index (κ1) is 20.5. The predicted molar refractivity (Wildman–Crippen MR) is 107 cm³/mol. The molecule has 1 aromatic rings. The number of hydrogen-bond acceptors (Lipinski definition) is 4. The summed E-state index contributed by atoms with van der Waals surface area (Å²) in [6.45, 7) is 4.87. The Morgan fingerprint density at radius 1 is 1.14 bits per heavy atom. The third kappa shape index (κ3) is 5.18. The van der Waals surface area contributed by atoms with Crippen LogP contribution in [-0.4, -0.2) is 25.5 Å². The molecular weight excluding hydrogens is 356 g/mol. The quantitative estimate of drug-likeness (QED) is 0.666. The lowest BCUT2D eigenvalue weighted by atomic mass is 9.86. The van der Waals surface area contributed by atoms with Crippen LogP contribution in [0.2, 0.25) is 0 Å². The Bertz CT molecular complexity index is 704. The smallest absolute Gasteiger partial charge is 0.269 e. The van der Waals surface area contributed by atoms with Gasteiger partial charge in [-0.3, -0.25) is 20.4 Å². The van der Waals surface area contributed by atoms with E-state index in [1.165, 1.54) is 19.3 Å². The minimum Gasteiger partial charge on any atom is -0.493 e. The van der Waals surface area contributed by atoms with Crippen LogP contribution in [0, 0.1) is 23.7 Å². The molecular formula is C22H32N2O4. The van der Waals surface area contributed by atoms with E-state index in [4.69, 9.17) is 9.47 Å². The summed E-state index contributed by atoms with van der Waals surface area (Å²) >= 11 is 0. The molecule has 6 heteroatoms. The molecule has 0 saturated heterocycles. The maximum Gasteiger partial charge on any atom is 0.269 e. The van der Waals surface area contributed by atoms with Crippen LogP contribution in [0.25, 0.3) is 0 Å². The minimum absolute atomic E-state index is 0.119. The number of carbonyl (C=O) groups is 2. The lowest BCUT2D eigenvalue weighted by molar-refractivity contribution is -0.123. The van der Waals surface area contributed by atoms with Crippen LogP contribution in [-0.2, 0) is 4.79 Å². The maximum atomic E-state index is 12.4. The van der Waals surface area contributed by atoms with Gasteiger partial charge in [0, 0.05) is 12.0 Å². The highest BCUT2D eigenvalue weighted by atomic mass is 16.5. The van der Waals surface area contributed by atoms with Crippen LogP contribution >= 0.6 is 0 Å². The van der Waals surface area contributed by atoms with Gasteiger partial charge in [0.15, 0.2) is 11.5 Å². The van der Waals surface area contributed by atoms with Gasteiger partial charge in [-0.05, 0) is 67.6 Å². The van der Waals surface area contributed by atoms with Crippen molar-refractivity contribution in [1.82, 2.24) is 10.9 Å². The third-order valence-electron chi connectivity index (χ3n) is 6.03. The van der Waals surface area contributed by atoms with Crippen LogP contribution in [0.4, 0.5) is 0 Å². The average molecular weight is 389 g/mol. The first-order valence-corrected chi connectivity index (χ1v) is 10.4. The van der Waals surface area contributed by atoms with Gasteiger partial charge < -0.3 is 9.47 Å². The van der Waals surface area contributed by atoms with Crippen molar-refractivity contribution in [3.8, 4) is 11.5 Å². The Morgan fingerprint density at radius 3 is 2.61 bits per heavy atom. The fourth-order valence-electron chi connectivity index (χ4n) is 4.45. The molecule has 2 bridgehead atoms. The standard InChI is InChI=1S/C22H32N2O4/c1-14(2)8-9-28-19-7-6-17(12-20(19)27-3)22(26)24-23-21(25)13-18-11-15-4-5-16(18)10-15/h6-7,12,14-16,18H,4-5,8-11,13H2,1-3H3,(H,23,25)(H,24,26). The molecule has 0 aromatic heterocycles. The molecule has 6 nitrogen and oxygen atoms in total. The molecule has 28 heavy (non-hydrogen) atoms. The first-order chi connectivity index (χ1) is 13.5. The Labute approximate surface area is 167 Å². The summed E-state index contributed by atoms with van der Waals surface area (Å²) in [4.78, 5) is 24.6. The number of hydrazine groups is 1. The average Bonchev–Trinajstić information content (AvgIpc) is 3.29. The zero-order chi connectivity index (χ0) is 20.1. The van der Waals surface area contributed by atoms with Gasteiger partial charge in [0.1, 0.15) is 0 Å². The summed E-state index contributed by atoms with van der Waals surface area (Å²) in [6, 6.07) is 5.03. The van der Waals surface area contributed by atoms with Crippen LogP contribution in [0.5, 0.6) is 11.5 Å². The van der Waals surface area contributed by atoms with Crippen LogP contribution in [0.1, 0.15) is 62.7 Å². The van der Waals surface area contributed by atoms with Crippen LogP contribution in [0.15, 0.2) is 18.2 Å². The second kappa shape index (κ2) is 9.30. The summed E-state index contributed by atoms with van der Waals surface area (Å²) in [5, 5.41) is 0. The second-order valence-corrected chi connectivity index (χ2v) is 8.54. The Hall–Kier alpha value is -2.24. The number of ether oxygens (including phenoxy) is 2. The molecule has 0 aliphatic heterocycles. The van der Waals surface area contributed by atoms with Gasteiger partial charge in [-0.1, -0.05) is 20.3 Å². The topological polar surface area (TPSA) is 76.7 Å². The van der Waals surface area contributed by atoms with Gasteiger partial charge in [-0.2, -0.15) is 0 Å². The van der Waals surface area contributed by atoms with Gasteiger partial charge in [0.05, 0.1) is 13.7 Å². The number of amides is 2. The van der Waals surface area contributed by atoms with Crippen molar-refractivity contribution >= 4 is 11.8 Å². The maximum absolute atomic E-state index is 12.4. The number of benzene rings is 1. The SMILES string of the molecule is COc1cc(C(=O)NNC(=O)CC2CC3CCC2C3)ccc1OCCC(C)C. The van der Waals surface area contributed by atoms with E-state index in [0.29, 0.717) is 47.8 Å². The molecule has 3 unspecified atom stereocenters. The van der Waals surface area contributed by atoms with E-state index in [0.717, 1.165) is 18.8 Å². The minimum atomic E-state index is -0.367.